The molecule has 0 aliphatic heterocycles. The van der Waals surface area contributed by atoms with Crippen LogP contribution in [0, 0.1) is 0 Å². The van der Waals surface area contributed by atoms with Crippen LogP contribution in [0.25, 0.3) is 0 Å². The van der Waals surface area contributed by atoms with E-state index in [0.717, 1.165) is 6.07 Å². The molecule has 156 valence electrons. The Hall–Kier alpha value is -2.74. The van der Waals surface area contributed by atoms with E-state index >= 15 is 8.78 Å². The van der Waals surface area contributed by atoms with E-state index in [2.05, 4.69) is 10.3 Å². The van der Waals surface area contributed by atoms with E-state index in [-0.39, 0.29) is 17.0 Å². The van der Waals surface area contributed by atoms with Crippen molar-refractivity contribution in [2.45, 2.75) is 44.3 Å². The van der Waals surface area contributed by atoms with E-state index < -0.39 is 35.7 Å². The van der Waals surface area contributed by atoms with Crippen LogP contribution < -0.4 is 5.32 Å². The Kier molecular flexibility index (Phi) is 7.90. The van der Waals surface area contributed by atoms with Crippen LogP contribution in [0.15, 0.2) is 48.8 Å². The summed E-state index contributed by atoms with van der Waals surface area (Å²) >= 11 is 5.83. The number of pyridine rings is 1. The van der Waals surface area contributed by atoms with E-state index in [0.29, 0.717) is 12.8 Å². The van der Waals surface area contributed by atoms with Crippen LogP contribution in [0.4, 0.5) is 13.6 Å². The zero-order valence-corrected chi connectivity index (χ0v) is 16.4. The van der Waals surface area contributed by atoms with Crippen molar-refractivity contribution in [3.63, 3.8) is 0 Å². The van der Waals surface area contributed by atoms with Gasteiger partial charge in [-0.2, -0.15) is 8.78 Å². The molecule has 0 spiro atoms. The number of carbonyl (C=O) groups is 2. The van der Waals surface area contributed by atoms with Crippen LogP contribution in [0.5, 0.6) is 0 Å². The SMILES string of the molecule is CCCC[C@H](NC(=O)OC(c1ccncc1)C(F)(F)c1cccc(Cl)c1)C(=O)O. The van der Waals surface area contributed by atoms with Gasteiger partial charge in [-0.3, -0.25) is 4.98 Å². The van der Waals surface area contributed by atoms with Gasteiger partial charge in [0.05, 0.1) is 0 Å². The first kappa shape index (κ1) is 22.5. The van der Waals surface area contributed by atoms with Crippen molar-refractivity contribution in [3.05, 3.63) is 64.9 Å². The van der Waals surface area contributed by atoms with Crippen LogP contribution in [-0.2, 0) is 15.5 Å². The summed E-state index contributed by atoms with van der Waals surface area (Å²) in [6.45, 7) is 1.86. The minimum atomic E-state index is -3.63. The molecule has 9 heteroatoms. The van der Waals surface area contributed by atoms with Crippen LogP contribution in [0.3, 0.4) is 0 Å². The highest BCUT2D eigenvalue weighted by atomic mass is 35.5. The number of nitrogens with one attached hydrogen (secondary N) is 1. The van der Waals surface area contributed by atoms with Gasteiger partial charge >= 0.3 is 18.0 Å². The lowest BCUT2D eigenvalue weighted by molar-refractivity contribution is -0.140. The molecule has 0 saturated heterocycles. The average molecular weight is 427 g/mol. The Morgan fingerprint density at radius 2 is 1.97 bits per heavy atom. The zero-order chi connectivity index (χ0) is 21.4. The smallest absolute Gasteiger partial charge is 0.408 e. The lowest BCUT2D eigenvalue weighted by Gasteiger charge is -2.28. The van der Waals surface area contributed by atoms with Crippen LogP contribution in [0.2, 0.25) is 5.02 Å². The maximum Gasteiger partial charge on any atom is 0.408 e. The summed E-state index contributed by atoms with van der Waals surface area (Å²) < 4.78 is 35.5. The fourth-order valence-electron chi connectivity index (χ4n) is 2.69. The number of carbonyl (C=O) groups excluding carboxylic acids is 1. The third kappa shape index (κ3) is 6.12. The first-order valence-electron chi connectivity index (χ1n) is 8.99. The Balaban J connectivity index is 2.29. The number of nitrogens with zero attached hydrogens (tertiary/aromatic N) is 1. The number of benzene rings is 1. The fraction of sp³-hybridized carbons (Fsp3) is 0.350. The van der Waals surface area contributed by atoms with Gasteiger partial charge in [0.1, 0.15) is 6.04 Å². The third-order valence-electron chi connectivity index (χ3n) is 4.21. The van der Waals surface area contributed by atoms with Gasteiger partial charge in [-0.1, -0.05) is 43.5 Å². The number of carboxylic acids is 1. The minimum Gasteiger partial charge on any atom is -0.480 e. The summed E-state index contributed by atoms with van der Waals surface area (Å²) in [7, 11) is 0. The Bertz CT molecular complexity index is 836. The molecule has 0 saturated carbocycles. The Labute approximate surface area is 171 Å². The van der Waals surface area contributed by atoms with Crippen LogP contribution >= 0.6 is 11.6 Å². The van der Waals surface area contributed by atoms with Gasteiger partial charge in [-0.15, -0.1) is 0 Å². The van der Waals surface area contributed by atoms with Crippen LogP contribution in [-0.4, -0.2) is 28.2 Å². The molecule has 29 heavy (non-hydrogen) atoms. The number of alkyl halides is 2. The quantitative estimate of drug-likeness (QED) is 0.593. The van der Waals surface area contributed by atoms with Crippen LogP contribution in [0.1, 0.15) is 43.4 Å². The topological polar surface area (TPSA) is 88.5 Å². The second-order valence-electron chi connectivity index (χ2n) is 6.38. The maximum atomic E-state index is 15.2. The largest absolute Gasteiger partial charge is 0.480 e. The number of rotatable bonds is 9. The molecule has 0 aliphatic rings. The van der Waals surface area contributed by atoms with Crippen molar-refractivity contribution in [3.8, 4) is 0 Å². The van der Waals surface area contributed by atoms with Gasteiger partial charge < -0.3 is 15.2 Å². The predicted molar refractivity (Wildman–Crippen MR) is 103 cm³/mol. The first-order chi connectivity index (χ1) is 13.8. The highest BCUT2D eigenvalue weighted by molar-refractivity contribution is 6.30. The molecule has 1 amide bonds. The molecule has 0 radical (unpaired) electrons. The maximum absolute atomic E-state index is 15.2. The summed E-state index contributed by atoms with van der Waals surface area (Å²) in [4.78, 5) is 27.4. The molecular weight excluding hydrogens is 406 g/mol. The van der Waals surface area contributed by atoms with E-state index in [1.165, 1.54) is 42.7 Å². The number of aromatic nitrogens is 1. The molecular formula is C20H21ClF2N2O4. The molecule has 0 aliphatic carbocycles. The number of carboxylic acid groups (broad SMARTS) is 1. The summed E-state index contributed by atoms with van der Waals surface area (Å²) in [5.74, 6) is -4.90. The van der Waals surface area contributed by atoms with E-state index in [9.17, 15) is 14.7 Å². The van der Waals surface area contributed by atoms with Crippen molar-refractivity contribution in [1.29, 1.82) is 0 Å². The standard InChI is InChI=1S/C20H21ClF2N2O4/c1-2-3-7-16(18(26)27)25-19(28)29-17(13-8-10-24-11-9-13)20(22,23)14-5-4-6-15(21)12-14/h4-6,8-12,16-17H,2-3,7H2,1H3,(H,25,28)(H,26,27)/t16-,17?/m0/s1. The van der Waals surface area contributed by atoms with Crippen molar-refractivity contribution >= 4 is 23.7 Å². The van der Waals surface area contributed by atoms with Gasteiger partial charge in [-0.25, -0.2) is 9.59 Å². The average Bonchev–Trinajstić information content (AvgIpc) is 2.69. The molecule has 1 aromatic carbocycles. The van der Waals surface area contributed by atoms with Crippen molar-refractivity contribution < 1.29 is 28.2 Å². The van der Waals surface area contributed by atoms with Gasteiger partial charge in [-0.05, 0) is 30.7 Å². The van der Waals surface area contributed by atoms with Gasteiger partial charge in [0.15, 0.2) is 6.10 Å². The number of aliphatic carboxylic acids is 1. The number of ether oxygens (including phenoxy) is 1. The molecule has 2 rings (SSSR count). The molecule has 1 heterocycles. The van der Waals surface area contributed by atoms with Crippen molar-refractivity contribution in [1.82, 2.24) is 10.3 Å². The number of halogens is 3. The summed E-state index contributed by atoms with van der Waals surface area (Å²) in [6.07, 6.45) is 0.738. The molecule has 2 aromatic rings. The lowest BCUT2D eigenvalue weighted by atomic mass is 9.98. The molecule has 2 N–H and O–H groups in total. The first-order valence-corrected chi connectivity index (χ1v) is 9.37. The predicted octanol–water partition coefficient (Wildman–Crippen LogP) is 4.94. The van der Waals surface area contributed by atoms with Crippen molar-refractivity contribution in [2.24, 2.45) is 0 Å². The van der Waals surface area contributed by atoms with Crippen molar-refractivity contribution in [2.75, 3.05) is 0 Å². The van der Waals surface area contributed by atoms with Gasteiger partial charge in [0.25, 0.3) is 0 Å². The van der Waals surface area contributed by atoms with Gasteiger partial charge in [0, 0.05) is 28.5 Å². The zero-order valence-electron chi connectivity index (χ0n) is 15.6. The number of hydrogen-bond acceptors (Lipinski definition) is 4. The molecule has 1 aromatic heterocycles. The minimum absolute atomic E-state index is 0.000517. The second kappa shape index (κ2) is 10.2. The summed E-state index contributed by atoms with van der Waals surface area (Å²) in [5, 5.41) is 11.5. The Morgan fingerprint density at radius 3 is 2.55 bits per heavy atom. The van der Waals surface area contributed by atoms with E-state index in [4.69, 9.17) is 16.3 Å². The highest BCUT2D eigenvalue weighted by Gasteiger charge is 2.46. The van der Waals surface area contributed by atoms with E-state index in [1.807, 2.05) is 6.92 Å². The van der Waals surface area contributed by atoms with Gasteiger partial charge in [0.2, 0.25) is 0 Å². The highest BCUT2D eigenvalue weighted by Crippen LogP contribution is 2.43. The summed E-state index contributed by atoms with van der Waals surface area (Å²) in [5.41, 5.74) is -0.444. The Morgan fingerprint density at radius 1 is 1.28 bits per heavy atom. The molecule has 2 atom stereocenters. The normalized spacial score (nSPS) is 13.4. The number of hydrogen-bond donors (Lipinski definition) is 2. The molecule has 0 fully saturated rings. The monoisotopic (exact) mass is 426 g/mol. The third-order valence-corrected chi connectivity index (χ3v) is 4.44. The second-order valence-corrected chi connectivity index (χ2v) is 6.81. The lowest BCUT2D eigenvalue weighted by Crippen LogP contribution is -2.42. The fourth-order valence-corrected chi connectivity index (χ4v) is 2.88. The molecule has 6 nitrogen and oxygen atoms in total. The molecule has 0 bridgehead atoms. The number of alkyl carbamates (subject to hydrolysis) is 1. The summed E-state index contributed by atoms with van der Waals surface area (Å²) in [6, 6.07) is 6.41. The number of amides is 1. The van der Waals surface area contributed by atoms with E-state index in [1.54, 1.807) is 0 Å². The number of unbranched alkanes of at least 4 members (excludes halogenated alkanes) is 1. The molecule has 1 unspecified atom stereocenters.